The van der Waals surface area contributed by atoms with Crippen molar-refractivity contribution in [2.24, 2.45) is 0 Å². The van der Waals surface area contributed by atoms with E-state index in [2.05, 4.69) is 19.1 Å². The molecule has 1 heterocycles. The first-order valence-corrected chi connectivity index (χ1v) is 8.70. The Kier molecular flexibility index (Phi) is 9.05. The smallest absolute Gasteiger partial charge is 0.305 e. The van der Waals surface area contributed by atoms with Crippen LogP contribution in [0.25, 0.3) is 0 Å². The van der Waals surface area contributed by atoms with Gasteiger partial charge in [-0.05, 0) is 50.3 Å². The number of likely N-dealkylation sites (tertiary alicyclic amines) is 1. The summed E-state index contributed by atoms with van der Waals surface area (Å²) in [5.74, 6) is 0.804. The van der Waals surface area contributed by atoms with Crippen molar-refractivity contribution in [2.75, 3.05) is 33.9 Å². The Hall–Kier alpha value is -0.820. The first kappa shape index (κ1) is 21.2. The van der Waals surface area contributed by atoms with E-state index in [-0.39, 0.29) is 29.9 Å². The van der Waals surface area contributed by atoms with Crippen LogP contribution >= 0.6 is 0 Å². The molecular weight excluding hydrogens is 417 g/mol. The minimum absolute atomic E-state index is 0. The molecule has 0 N–H and O–H groups in total. The Labute approximate surface area is 163 Å². The Balaban J connectivity index is 0.00000288. The molecule has 1 aliphatic rings. The van der Waals surface area contributed by atoms with Crippen LogP contribution in [0.3, 0.4) is 0 Å². The third-order valence-electron chi connectivity index (χ3n) is 5.13. The lowest BCUT2D eigenvalue weighted by molar-refractivity contribution is -0.943. The summed E-state index contributed by atoms with van der Waals surface area (Å²) < 4.78 is 11.5. The molecule has 0 aliphatic carbocycles. The van der Waals surface area contributed by atoms with Crippen LogP contribution in [-0.2, 0) is 22.5 Å². The van der Waals surface area contributed by atoms with Gasteiger partial charge in [0.1, 0.15) is 12.3 Å². The summed E-state index contributed by atoms with van der Waals surface area (Å²) in [5, 5.41) is 0. The molecule has 2 rings (SSSR count). The van der Waals surface area contributed by atoms with E-state index in [1.54, 1.807) is 7.11 Å². The molecule has 1 saturated heterocycles. The minimum Gasteiger partial charge on any atom is -1.00 e. The number of aryl methyl sites for hydroxylation is 1. The molecular formula is C19H30INO3. The lowest BCUT2D eigenvalue weighted by Gasteiger charge is -2.41. The van der Waals surface area contributed by atoms with E-state index in [0.29, 0.717) is 6.42 Å². The first-order chi connectivity index (χ1) is 11.1. The van der Waals surface area contributed by atoms with Crippen LogP contribution in [0.4, 0.5) is 0 Å². The second kappa shape index (κ2) is 10.2. The Morgan fingerprint density at radius 2 is 1.88 bits per heavy atom. The monoisotopic (exact) mass is 447 g/mol. The van der Waals surface area contributed by atoms with E-state index in [1.807, 2.05) is 6.07 Å². The van der Waals surface area contributed by atoms with Gasteiger partial charge in [-0.1, -0.05) is 6.07 Å². The molecule has 0 atom stereocenters. The standard InChI is InChI=1S/C19H30NO3.HI/c1-4-20(12-6-5-7-13-20)15-17-14-16(8-10-18(17)22-2)9-11-19(21)23-3;/h8,10,14H,4-7,9,11-13,15H2,1-3H3;1H/q+1;/p-1. The second-order valence-corrected chi connectivity index (χ2v) is 6.55. The van der Waals surface area contributed by atoms with E-state index in [4.69, 9.17) is 9.47 Å². The van der Waals surface area contributed by atoms with Crippen molar-refractivity contribution in [1.29, 1.82) is 0 Å². The maximum absolute atomic E-state index is 11.4. The van der Waals surface area contributed by atoms with Crippen molar-refractivity contribution in [3.05, 3.63) is 29.3 Å². The molecule has 1 aromatic carbocycles. The lowest BCUT2D eigenvalue weighted by Crippen LogP contribution is -3.00. The van der Waals surface area contributed by atoms with Crippen LogP contribution in [0.15, 0.2) is 18.2 Å². The van der Waals surface area contributed by atoms with Gasteiger partial charge in [0.05, 0.1) is 33.9 Å². The van der Waals surface area contributed by atoms with Gasteiger partial charge in [0.25, 0.3) is 0 Å². The van der Waals surface area contributed by atoms with Crippen LogP contribution in [0.2, 0.25) is 0 Å². The molecule has 4 nitrogen and oxygen atoms in total. The van der Waals surface area contributed by atoms with Crippen molar-refractivity contribution in [1.82, 2.24) is 0 Å². The number of carbonyl (C=O) groups is 1. The van der Waals surface area contributed by atoms with E-state index in [0.717, 1.165) is 29.7 Å². The number of esters is 1. The zero-order chi connectivity index (χ0) is 16.7. The summed E-state index contributed by atoms with van der Waals surface area (Å²) in [6, 6.07) is 6.31. The fraction of sp³-hybridized carbons (Fsp3) is 0.632. The quantitative estimate of drug-likeness (QED) is 0.344. The molecule has 5 heteroatoms. The molecule has 0 saturated carbocycles. The zero-order valence-corrected chi connectivity index (χ0v) is 17.3. The number of rotatable bonds is 7. The third-order valence-corrected chi connectivity index (χ3v) is 5.13. The highest BCUT2D eigenvalue weighted by Crippen LogP contribution is 2.28. The lowest BCUT2D eigenvalue weighted by atomic mass is 10.0. The molecule has 0 radical (unpaired) electrons. The number of benzene rings is 1. The molecule has 0 bridgehead atoms. The molecule has 0 spiro atoms. The Bertz CT molecular complexity index is 527. The zero-order valence-electron chi connectivity index (χ0n) is 15.1. The van der Waals surface area contributed by atoms with Gasteiger partial charge in [0, 0.05) is 12.0 Å². The summed E-state index contributed by atoms with van der Waals surface area (Å²) in [6.07, 6.45) is 5.14. The van der Waals surface area contributed by atoms with Crippen molar-refractivity contribution in [3.63, 3.8) is 0 Å². The molecule has 136 valence electrons. The topological polar surface area (TPSA) is 35.5 Å². The average molecular weight is 447 g/mol. The number of hydrogen-bond acceptors (Lipinski definition) is 3. The van der Waals surface area contributed by atoms with Gasteiger partial charge >= 0.3 is 5.97 Å². The molecule has 1 aliphatic heterocycles. The van der Waals surface area contributed by atoms with Gasteiger partial charge in [-0.25, -0.2) is 0 Å². The largest absolute Gasteiger partial charge is 1.00 e. The number of hydrogen-bond donors (Lipinski definition) is 0. The van der Waals surface area contributed by atoms with Gasteiger partial charge in [0.2, 0.25) is 0 Å². The maximum Gasteiger partial charge on any atom is 0.305 e. The fourth-order valence-electron chi connectivity index (χ4n) is 3.59. The van der Waals surface area contributed by atoms with Crippen LogP contribution < -0.4 is 28.7 Å². The third kappa shape index (κ3) is 5.62. The predicted octanol–water partition coefficient (Wildman–Crippen LogP) is 0.325. The van der Waals surface area contributed by atoms with Crippen molar-refractivity contribution in [3.8, 4) is 5.75 Å². The van der Waals surface area contributed by atoms with Crippen LogP contribution in [0.1, 0.15) is 43.7 Å². The Morgan fingerprint density at radius 1 is 1.17 bits per heavy atom. The van der Waals surface area contributed by atoms with Gasteiger partial charge in [0.15, 0.2) is 0 Å². The SMILES string of the molecule is CC[N+]1(Cc2cc(CCC(=O)OC)ccc2OC)CCCCC1.[I-]. The summed E-state index contributed by atoms with van der Waals surface area (Å²) >= 11 is 0. The highest BCUT2D eigenvalue weighted by molar-refractivity contribution is 5.69. The average Bonchev–Trinajstić information content (AvgIpc) is 2.60. The van der Waals surface area contributed by atoms with E-state index >= 15 is 0 Å². The summed E-state index contributed by atoms with van der Waals surface area (Å²) in [5.41, 5.74) is 2.44. The van der Waals surface area contributed by atoms with Crippen LogP contribution in [0, 0.1) is 0 Å². The highest BCUT2D eigenvalue weighted by atomic mass is 127. The van der Waals surface area contributed by atoms with Crippen molar-refractivity contribution >= 4 is 5.97 Å². The van der Waals surface area contributed by atoms with E-state index in [9.17, 15) is 4.79 Å². The predicted molar refractivity (Wildman–Crippen MR) is 91.4 cm³/mol. The van der Waals surface area contributed by atoms with E-state index < -0.39 is 0 Å². The summed E-state index contributed by atoms with van der Waals surface area (Å²) in [6.45, 7) is 6.98. The number of quaternary nitrogens is 1. The normalized spacial score (nSPS) is 16.1. The van der Waals surface area contributed by atoms with Crippen LogP contribution in [0.5, 0.6) is 5.75 Å². The minimum atomic E-state index is -0.157. The number of halogens is 1. The van der Waals surface area contributed by atoms with Gasteiger partial charge < -0.3 is 37.9 Å². The van der Waals surface area contributed by atoms with Gasteiger partial charge in [-0.3, -0.25) is 4.79 Å². The van der Waals surface area contributed by atoms with Crippen LogP contribution in [-0.4, -0.2) is 44.3 Å². The fourth-order valence-corrected chi connectivity index (χ4v) is 3.59. The molecule has 0 unspecified atom stereocenters. The van der Waals surface area contributed by atoms with Gasteiger partial charge in [-0.2, -0.15) is 0 Å². The first-order valence-electron chi connectivity index (χ1n) is 8.70. The highest BCUT2D eigenvalue weighted by Gasteiger charge is 2.29. The van der Waals surface area contributed by atoms with Crippen molar-refractivity contribution in [2.45, 2.75) is 45.6 Å². The van der Waals surface area contributed by atoms with E-state index in [1.165, 1.54) is 50.6 Å². The Morgan fingerprint density at radius 3 is 2.46 bits per heavy atom. The summed E-state index contributed by atoms with van der Waals surface area (Å²) in [4.78, 5) is 11.4. The molecule has 0 amide bonds. The van der Waals surface area contributed by atoms with Gasteiger partial charge in [-0.15, -0.1) is 0 Å². The molecule has 0 aromatic heterocycles. The molecule has 1 aromatic rings. The molecule has 1 fully saturated rings. The maximum atomic E-state index is 11.4. The second-order valence-electron chi connectivity index (χ2n) is 6.55. The number of carbonyl (C=O) groups excluding carboxylic acids is 1. The number of ether oxygens (including phenoxy) is 2. The van der Waals surface area contributed by atoms with Crippen molar-refractivity contribution < 1.29 is 42.7 Å². The number of piperidine rings is 1. The number of nitrogens with zero attached hydrogens (tertiary/aromatic N) is 1. The number of methoxy groups -OCH3 is 2. The molecule has 24 heavy (non-hydrogen) atoms. The summed E-state index contributed by atoms with van der Waals surface area (Å²) in [7, 11) is 3.17.